The van der Waals surface area contributed by atoms with Crippen LogP contribution in [0.3, 0.4) is 0 Å². The van der Waals surface area contributed by atoms with E-state index in [0.29, 0.717) is 24.9 Å². The van der Waals surface area contributed by atoms with Crippen molar-refractivity contribution in [3.05, 3.63) is 54.4 Å². The molecule has 168 valence electrons. The van der Waals surface area contributed by atoms with Crippen LogP contribution in [0.4, 0.5) is 11.4 Å². The molecule has 2 amide bonds. The van der Waals surface area contributed by atoms with E-state index in [0.717, 1.165) is 31.9 Å². The summed E-state index contributed by atoms with van der Waals surface area (Å²) < 4.78 is 0. The van der Waals surface area contributed by atoms with E-state index >= 15 is 0 Å². The van der Waals surface area contributed by atoms with Gasteiger partial charge in [0.05, 0.1) is 6.07 Å². The van der Waals surface area contributed by atoms with E-state index in [1.54, 1.807) is 0 Å². The molecule has 1 aromatic carbocycles. The maximum absolute atomic E-state index is 12.4. The molecule has 3 rings (SSSR count). The third-order valence-corrected chi connectivity index (χ3v) is 5.62. The number of anilines is 2. The van der Waals surface area contributed by atoms with Crippen molar-refractivity contribution in [3.8, 4) is 6.07 Å². The highest BCUT2D eigenvalue weighted by molar-refractivity contribution is 5.94. The molecule has 1 aliphatic rings. The fourth-order valence-electron chi connectivity index (χ4n) is 3.76. The second-order valence-corrected chi connectivity index (χ2v) is 8.02. The molecule has 1 saturated heterocycles. The SMILES string of the molecule is CC(CCNC(=O)c1ccc(N2CCN(c3ccncc3)CC2)cc1)CC(=O)NCC#N. The lowest BCUT2D eigenvalue weighted by Gasteiger charge is -2.37. The van der Waals surface area contributed by atoms with Crippen molar-refractivity contribution in [1.82, 2.24) is 15.6 Å². The Kier molecular flexibility index (Phi) is 8.44. The van der Waals surface area contributed by atoms with Gasteiger partial charge in [-0.15, -0.1) is 0 Å². The summed E-state index contributed by atoms with van der Waals surface area (Å²) in [5, 5.41) is 13.9. The van der Waals surface area contributed by atoms with Crippen LogP contribution >= 0.6 is 0 Å². The van der Waals surface area contributed by atoms with Crippen LogP contribution in [-0.2, 0) is 4.79 Å². The number of benzene rings is 1. The smallest absolute Gasteiger partial charge is 0.251 e. The van der Waals surface area contributed by atoms with Crippen molar-refractivity contribution >= 4 is 23.2 Å². The van der Waals surface area contributed by atoms with Gasteiger partial charge in [0.1, 0.15) is 6.54 Å². The zero-order chi connectivity index (χ0) is 22.8. The molecule has 1 aromatic heterocycles. The van der Waals surface area contributed by atoms with Crippen molar-refractivity contribution in [2.24, 2.45) is 5.92 Å². The Bertz CT molecular complexity index is 918. The maximum atomic E-state index is 12.4. The van der Waals surface area contributed by atoms with E-state index in [1.165, 1.54) is 5.69 Å². The van der Waals surface area contributed by atoms with Crippen LogP contribution in [0.5, 0.6) is 0 Å². The minimum atomic E-state index is -0.137. The summed E-state index contributed by atoms with van der Waals surface area (Å²) in [6, 6.07) is 13.7. The Balaban J connectivity index is 1.41. The van der Waals surface area contributed by atoms with E-state index in [9.17, 15) is 9.59 Å². The number of nitrogens with one attached hydrogen (secondary N) is 2. The van der Waals surface area contributed by atoms with Gasteiger partial charge in [-0.3, -0.25) is 14.6 Å². The normalized spacial score (nSPS) is 14.4. The zero-order valence-electron chi connectivity index (χ0n) is 18.5. The molecular weight excluding hydrogens is 404 g/mol. The number of carbonyl (C=O) groups excluding carboxylic acids is 2. The molecule has 1 atom stereocenters. The standard InChI is InChI=1S/C24H30N6O2/c1-19(18-23(31)27-13-9-25)6-12-28-24(32)20-2-4-21(5-3-20)29-14-16-30(17-15-29)22-7-10-26-11-8-22/h2-5,7-8,10-11,19H,6,12-18H2,1H3,(H,27,31)(H,28,32). The molecule has 0 saturated carbocycles. The number of amides is 2. The Morgan fingerprint density at radius 2 is 1.59 bits per heavy atom. The number of rotatable bonds is 9. The van der Waals surface area contributed by atoms with Gasteiger partial charge in [0, 0.05) is 68.5 Å². The van der Waals surface area contributed by atoms with E-state index in [4.69, 9.17) is 5.26 Å². The summed E-state index contributed by atoms with van der Waals surface area (Å²) in [5.41, 5.74) is 2.94. The van der Waals surface area contributed by atoms with Crippen LogP contribution < -0.4 is 20.4 Å². The number of nitriles is 1. The minimum Gasteiger partial charge on any atom is -0.368 e. The quantitative estimate of drug-likeness (QED) is 0.587. The zero-order valence-corrected chi connectivity index (χ0v) is 18.5. The summed E-state index contributed by atoms with van der Waals surface area (Å²) in [5.74, 6) is -0.120. The number of nitrogens with zero attached hydrogens (tertiary/aromatic N) is 4. The Labute approximate surface area is 189 Å². The molecule has 2 aromatic rings. The summed E-state index contributed by atoms with van der Waals surface area (Å²) in [6.07, 6.45) is 4.69. The number of piperazine rings is 1. The summed E-state index contributed by atoms with van der Waals surface area (Å²) >= 11 is 0. The molecule has 1 unspecified atom stereocenters. The molecule has 0 bridgehead atoms. The average molecular weight is 435 g/mol. The van der Waals surface area contributed by atoms with Crippen molar-refractivity contribution in [1.29, 1.82) is 5.26 Å². The lowest BCUT2D eigenvalue weighted by Crippen LogP contribution is -2.46. The maximum Gasteiger partial charge on any atom is 0.251 e. The molecule has 2 heterocycles. The molecule has 2 N–H and O–H groups in total. The molecule has 1 aliphatic heterocycles. The molecule has 0 radical (unpaired) electrons. The Morgan fingerprint density at radius 1 is 1.00 bits per heavy atom. The lowest BCUT2D eigenvalue weighted by molar-refractivity contribution is -0.121. The fraction of sp³-hybridized carbons (Fsp3) is 0.417. The van der Waals surface area contributed by atoms with Crippen molar-refractivity contribution in [3.63, 3.8) is 0 Å². The molecule has 0 spiro atoms. The van der Waals surface area contributed by atoms with Gasteiger partial charge in [-0.1, -0.05) is 6.92 Å². The number of hydrogen-bond donors (Lipinski definition) is 2. The average Bonchev–Trinajstić information content (AvgIpc) is 2.83. The fourth-order valence-corrected chi connectivity index (χ4v) is 3.76. The van der Waals surface area contributed by atoms with Gasteiger partial charge in [0.15, 0.2) is 0 Å². The number of pyridine rings is 1. The summed E-state index contributed by atoms with van der Waals surface area (Å²) in [4.78, 5) is 32.8. The highest BCUT2D eigenvalue weighted by Gasteiger charge is 2.18. The van der Waals surface area contributed by atoms with Crippen LogP contribution in [0, 0.1) is 17.2 Å². The molecule has 32 heavy (non-hydrogen) atoms. The minimum absolute atomic E-state index is 0.0265. The third-order valence-electron chi connectivity index (χ3n) is 5.62. The van der Waals surface area contributed by atoms with Crippen LogP contribution in [0.15, 0.2) is 48.8 Å². The molecule has 8 nitrogen and oxygen atoms in total. The van der Waals surface area contributed by atoms with Gasteiger partial charge in [-0.05, 0) is 48.7 Å². The first kappa shape index (κ1) is 23.1. The number of hydrogen-bond acceptors (Lipinski definition) is 6. The summed E-state index contributed by atoms with van der Waals surface area (Å²) in [7, 11) is 0. The van der Waals surface area contributed by atoms with Crippen LogP contribution in [0.25, 0.3) is 0 Å². The Morgan fingerprint density at radius 3 is 2.19 bits per heavy atom. The first-order valence-electron chi connectivity index (χ1n) is 11.0. The molecule has 8 heteroatoms. The van der Waals surface area contributed by atoms with Crippen molar-refractivity contribution in [2.75, 3.05) is 49.1 Å². The second-order valence-electron chi connectivity index (χ2n) is 8.02. The molecule has 0 aliphatic carbocycles. The monoisotopic (exact) mass is 434 g/mol. The topological polar surface area (TPSA) is 101 Å². The highest BCUT2D eigenvalue weighted by Crippen LogP contribution is 2.20. The first-order chi connectivity index (χ1) is 15.6. The van der Waals surface area contributed by atoms with Crippen molar-refractivity contribution < 1.29 is 9.59 Å². The molecule has 1 fully saturated rings. The predicted octanol–water partition coefficient (Wildman–Crippen LogP) is 2.19. The lowest BCUT2D eigenvalue weighted by atomic mass is 10.0. The number of carbonyl (C=O) groups is 2. The highest BCUT2D eigenvalue weighted by atomic mass is 16.2. The molecular formula is C24H30N6O2. The van der Waals surface area contributed by atoms with Gasteiger partial charge >= 0.3 is 0 Å². The van der Waals surface area contributed by atoms with Crippen molar-refractivity contribution in [2.45, 2.75) is 19.8 Å². The van der Waals surface area contributed by atoms with Gasteiger partial charge in [-0.2, -0.15) is 5.26 Å². The largest absolute Gasteiger partial charge is 0.368 e. The van der Waals surface area contributed by atoms with Gasteiger partial charge in [-0.25, -0.2) is 0 Å². The van der Waals surface area contributed by atoms with Crippen LogP contribution in [-0.4, -0.2) is 56.1 Å². The van der Waals surface area contributed by atoms with E-state index in [1.807, 2.05) is 61.8 Å². The van der Waals surface area contributed by atoms with Crippen LogP contribution in [0.1, 0.15) is 30.1 Å². The first-order valence-corrected chi connectivity index (χ1v) is 11.0. The van der Waals surface area contributed by atoms with Gasteiger partial charge in [0.2, 0.25) is 5.91 Å². The Hall–Kier alpha value is -3.60. The predicted molar refractivity (Wildman–Crippen MR) is 124 cm³/mol. The second kappa shape index (κ2) is 11.7. The van der Waals surface area contributed by atoms with E-state index in [-0.39, 0.29) is 24.3 Å². The van der Waals surface area contributed by atoms with Gasteiger partial charge < -0.3 is 20.4 Å². The van der Waals surface area contributed by atoms with Crippen LogP contribution in [0.2, 0.25) is 0 Å². The third kappa shape index (κ3) is 6.71. The van der Waals surface area contributed by atoms with E-state index in [2.05, 4.69) is 25.4 Å². The van der Waals surface area contributed by atoms with E-state index < -0.39 is 0 Å². The van der Waals surface area contributed by atoms with Gasteiger partial charge in [0.25, 0.3) is 5.91 Å². The summed E-state index contributed by atoms with van der Waals surface area (Å²) in [6.45, 7) is 6.23. The number of aromatic nitrogens is 1.